The smallest absolute Gasteiger partial charge is 0.161 e. The number of hydrogen-bond donors (Lipinski definition) is 1. The van der Waals surface area contributed by atoms with Crippen LogP contribution in [0.2, 0.25) is 0 Å². The highest BCUT2D eigenvalue weighted by Gasteiger charge is 2.21. The highest BCUT2D eigenvalue weighted by Crippen LogP contribution is 2.29. The summed E-state index contributed by atoms with van der Waals surface area (Å²) in [4.78, 5) is 8.61. The molecule has 1 aromatic carbocycles. The van der Waals surface area contributed by atoms with Gasteiger partial charge in [0, 0.05) is 37.8 Å². The largest absolute Gasteiger partial charge is 0.493 e. The van der Waals surface area contributed by atoms with Crippen molar-refractivity contribution in [3.63, 3.8) is 0 Å². The van der Waals surface area contributed by atoms with Crippen LogP contribution in [0.3, 0.4) is 0 Å². The Labute approximate surface area is 171 Å². The molecule has 0 spiro atoms. The standard InChI is InChI=1S/C22H27N5O2/c1-3-21-25-22-7-5-18(14-27(22)26-21)24-13-17-4-6-19(20(12-17)28-2)29-15-16-8-10-23-11-9-16/h4,6,8-12,18,24H,3,5,7,13-15H2,1-2H3. The Morgan fingerprint density at radius 2 is 2.00 bits per heavy atom. The van der Waals surface area contributed by atoms with Crippen LogP contribution in [0.4, 0.5) is 0 Å². The van der Waals surface area contributed by atoms with Gasteiger partial charge in [0.25, 0.3) is 0 Å². The summed E-state index contributed by atoms with van der Waals surface area (Å²) >= 11 is 0. The van der Waals surface area contributed by atoms with Crippen molar-refractivity contribution in [3.05, 3.63) is 65.5 Å². The molecule has 29 heavy (non-hydrogen) atoms. The first kappa shape index (κ1) is 19.4. The second kappa shape index (κ2) is 9.05. The minimum atomic E-state index is 0.391. The van der Waals surface area contributed by atoms with Gasteiger partial charge in [0.05, 0.1) is 13.7 Å². The maximum absolute atomic E-state index is 5.92. The Morgan fingerprint density at radius 3 is 2.79 bits per heavy atom. The molecule has 0 saturated heterocycles. The van der Waals surface area contributed by atoms with E-state index in [0.717, 1.165) is 66.6 Å². The van der Waals surface area contributed by atoms with E-state index < -0.39 is 0 Å². The topological polar surface area (TPSA) is 74.1 Å². The molecule has 0 bridgehead atoms. The summed E-state index contributed by atoms with van der Waals surface area (Å²) in [5.41, 5.74) is 2.24. The van der Waals surface area contributed by atoms with Crippen molar-refractivity contribution in [2.24, 2.45) is 0 Å². The average molecular weight is 393 g/mol. The molecule has 152 valence electrons. The van der Waals surface area contributed by atoms with Crippen LogP contribution in [0, 0.1) is 0 Å². The molecule has 0 fully saturated rings. The van der Waals surface area contributed by atoms with Crippen LogP contribution >= 0.6 is 0 Å². The van der Waals surface area contributed by atoms with Gasteiger partial charge >= 0.3 is 0 Å². The third-order valence-corrected chi connectivity index (χ3v) is 5.18. The van der Waals surface area contributed by atoms with Crippen LogP contribution in [0.5, 0.6) is 11.5 Å². The van der Waals surface area contributed by atoms with E-state index in [-0.39, 0.29) is 0 Å². The summed E-state index contributed by atoms with van der Waals surface area (Å²) in [5.74, 6) is 3.53. The second-order valence-corrected chi connectivity index (χ2v) is 7.23. The van der Waals surface area contributed by atoms with Gasteiger partial charge in [-0.05, 0) is 41.8 Å². The van der Waals surface area contributed by atoms with E-state index in [1.807, 2.05) is 24.3 Å². The van der Waals surface area contributed by atoms with E-state index in [9.17, 15) is 0 Å². The molecule has 2 aromatic heterocycles. The predicted molar refractivity (Wildman–Crippen MR) is 110 cm³/mol. The van der Waals surface area contributed by atoms with Gasteiger partial charge in [-0.1, -0.05) is 13.0 Å². The van der Waals surface area contributed by atoms with E-state index in [4.69, 9.17) is 9.47 Å². The van der Waals surface area contributed by atoms with Crippen LogP contribution in [0.25, 0.3) is 0 Å². The van der Waals surface area contributed by atoms with Crippen LogP contribution < -0.4 is 14.8 Å². The van der Waals surface area contributed by atoms with Gasteiger partial charge in [-0.2, -0.15) is 5.10 Å². The molecule has 0 saturated carbocycles. The fourth-order valence-electron chi connectivity index (χ4n) is 3.52. The summed E-state index contributed by atoms with van der Waals surface area (Å²) in [7, 11) is 1.67. The number of hydrogen-bond acceptors (Lipinski definition) is 6. The molecule has 7 heteroatoms. The molecule has 0 aliphatic carbocycles. The van der Waals surface area contributed by atoms with Gasteiger partial charge in [-0.3, -0.25) is 4.98 Å². The quantitative estimate of drug-likeness (QED) is 0.634. The first-order chi connectivity index (χ1) is 14.2. The molecule has 7 nitrogen and oxygen atoms in total. The predicted octanol–water partition coefficient (Wildman–Crippen LogP) is 2.93. The maximum atomic E-state index is 5.92. The number of aromatic nitrogens is 4. The number of ether oxygens (including phenoxy) is 2. The molecular weight excluding hydrogens is 366 g/mol. The molecule has 1 aliphatic rings. The fourth-order valence-corrected chi connectivity index (χ4v) is 3.52. The molecule has 1 atom stereocenters. The fraction of sp³-hybridized carbons (Fsp3) is 0.409. The van der Waals surface area contributed by atoms with Crippen molar-refractivity contribution in [2.75, 3.05) is 7.11 Å². The normalized spacial score (nSPS) is 15.7. The van der Waals surface area contributed by atoms with Crippen molar-refractivity contribution in [1.29, 1.82) is 0 Å². The average Bonchev–Trinajstić information content (AvgIpc) is 3.19. The van der Waals surface area contributed by atoms with Crippen LogP contribution in [0.15, 0.2) is 42.7 Å². The maximum Gasteiger partial charge on any atom is 0.161 e. The number of benzene rings is 1. The molecule has 1 N–H and O–H groups in total. The lowest BCUT2D eigenvalue weighted by atomic mass is 10.1. The number of aryl methyl sites for hydroxylation is 2. The number of rotatable bonds is 8. The van der Waals surface area contributed by atoms with Crippen LogP contribution in [0.1, 0.15) is 36.1 Å². The van der Waals surface area contributed by atoms with Crippen molar-refractivity contribution >= 4 is 0 Å². The minimum Gasteiger partial charge on any atom is -0.493 e. The highest BCUT2D eigenvalue weighted by molar-refractivity contribution is 5.43. The van der Waals surface area contributed by atoms with Crippen LogP contribution in [-0.4, -0.2) is 32.9 Å². The zero-order chi connectivity index (χ0) is 20.1. The molecule has 3 heterocycles. The van der Waals surface area contributed by atoms with E-state index in [0.29, 0.717) is 12.6 Å². The summed E-state index contributed by atoms with van der Waals surface area (Å²) in [5, 5.41) is 8.23. The van der Waals surface area contributed by atoms with E-state index >= 15 is 0 Å². The number of fused-ring (bicyclic) bond motifs is 1. The van der Waals surface area contributed by atoms with Gasteiger partial charge in [0.15, 0.2) is 17.3 Å². The molecule has 0 radical (unpaired) electrons. The third-order valence-electron chi connectivity index (χ3n) is 5.18. The van der Waals surface area contributed by atoms with Gasteiger partial charge in [-0.25, -0.2) is 9.67 Å². The second-order valence-electron chi connectivity index (χ2n) is 7.23. The van der Waals surface area contributed by atoms with E-state index in [1.54, 1.807) is 19.5 Å². The summed E-state index contributed by atoms with van der Waals surface area (Å²) in [6.45, 7) is 4.22. The first-order valence-corrected chi connectivity index (χ1v) is 10.1. The lowest BCUT2D eigenvalue weighted by Crippen LogP contribution is -2.37. The number of nitrogens with zero attached hydrogens (tertiary/aromatic N) is 4. The monoisotopic (exact) mass is 393 g/mol. The molecule has 4 rings (SSSR count). The first-order valence-electron chi connectivity index (χ1n) is 10.1. The Balaban J connectivity index is 1.34. The lowest BCUT2D eigenvalue weighted by Gasteiger charge is -2.23. The summed E-state index contributed by atoms with van der Waals surface area (Å²) in [6, 6.07) is 10.4. The highest BCUT2D eigenvalue weighted by atomic mass is 16.5. The Morgan fingerprint density at radius 1 is 1.14 bits per heavy atom. The van der Waals surface area contributed by atoms with E-state index in [1.165, 1.54) is 0 Å². The van der Waals surface area contributed by atoms with Crippen LogP contribution in [-0.2, 0) is 32.5 Å². The number of nitrogens with one attached hydrogen (secondary N) is 1. The van der Waals surface area contributed by atoms with Crippen molar-refractivity contribution in [1.82, 2.24) is 25.1 Å². The number of methoxy groups -OCH3 is 1. The minimum absolute atomic E-state index is 0.391. The lowest BCUT2D eigenvalue weighted by molar-refractivity contribution is 0.284. The van der Waals surface area contributed by atoms with E-state index in [2.05, 4.69) is 38.1 Å². The summed E-state index contributed by atoms with van der Waals surface area (Å²) < 4.78 is 13.5. The molecule has 1 unspecified atom stereocenters. The Kier molecular flexibility index (Phi) is 6.05. The van der Waals surface area contributed by atoms with Gasteiger partial charge in [0.2, 0.25) is 0 Å². The van der Waals surface area contributed by atoms with Crippen molar-refractivity contribution in [2.45, 2.75) is 51.9 Å². The zero-order valence-corrected chi connectivity index (χ0v) is 17.0. The van der Waals surface area contributed by atoms with Gasteiger partial charge in [-0.15, -0.1) is 0 Å². The molecule has 3 aromatic rings. The van der Waals surface area contributed by atoms with Gasteiger partial charge < -0.3 is 14.8 Å². The molecule has 0 amide bonds. The number of pyridine rings is 1. The third kappa shape index (κ3) is 4.74. The summed E-state index contributed by atoms with van der Waals surface area (Å²) in [6.07, 6.45) is 6.46. The SMILES string of the molecule is CCc1nc2n(n1)CC(NCc1ccc(OCc3ccncc3)c(OC)c1)CC2. The zero-order valence-electron chi connectivity index (χ0n) is 17.0. The van der Waals surface area contributed by atoms with Crippen molar-refractivity contribution in [3.8, 4) is 11.5 Å². The van der Waals surface area contributed by atoms with Gasteiger partial charge in [0.1, 0.15) is 12.4 Å². The van der Waals surface area contributed by atoms with Crippen molar-refractivity contribution < 1.29 is 9.47 Å². The molecular formula is C22H27N5O2. The Bertz CT molecular complexity index is 942. The Hall–Kier alpha value is -2.93. The molecule has 1 aliphatic heterocycles.